The van der Waals surface area contributed by atoms with E-state index in [-0.39, 0.29) is 11.3 Å². The Morgan fingerprint density at radius 1 is 0.806 bits per heavy atom. The maximum absolute atomic E-state index is 13.4. The van der Waals surface area contributed by atoms with Gasteiger partial charge in [0.2, 0.25) is 0 Å². The molecule has 2 amide bonds. The highest BCUT2D eigenvalue weighted by atomic mass is 35.5. The Bertz CT molecular complexity index is 1150. The minimum Gasteiger partial charge on any atom is -0.497 e. The van der Waals surface area contributed by atoms with Gasteiger partial charge < -0.3 is 14.8 Å². The van der Waals surface area contributed by atoms with E-state index >= 15 is 0 Å². The average Bonchev–Trinajstić information content (AvgIpc) is 3.04. The Labute approximate surface area is 184 Å². The lowest BCUT2D eigenvalue weighted by molar-refractivity contribution is -0.120. The van der Waals surface area contributed by atoms with Crippen LogP contribution in [0.2, 0.25) is 5.02 Å². The van der Waals surface area contributed by atoms with E-state index in [9.17, 15) is 9.59 Å². The molecule has 1 heterocycles. The molecule has 1 aliphatic rings. The summed E-state index contributed by atoms with van der Waals surface area (Å²) < 4.78 is 10.6. The van der Waals surface area contributed by atoms with Gasteiger partial charge in [0.05, 0.1) is 25.5 Å². The quantitative estimate of drug-likeness (QED) is 0.567. The second kappa shape index (κ2) is 8.53. The Morgan fingerprint density at radius 3 is 2.00 bits per heavy atom. The molecular formula is C24H19ClN2O4. The first-order valence-corrected chi connectivity index (χ1v) is 9.83. The molecule has 156 valence electrons. The van der Waals surface area contributed by atoms with Crippen molar-refractivity contribution in [1.29, 1.82) is 0 Å². The first-order valence-electron chi connectivity index (χ1n) is 9.46. The number of methoxy groups -OCH3 is 2. The lowest BCUT2D eigenvalue weighted by Crippen LogP contribution is -2.32. The van der Waals surface area contributed by atoms with Crippen LogP contribution >= 0.6 is 11.6 Å². The fourth-order valence-corrected chi connectivity index (χ4v) is 3.49. The smallest absolute Gasteiger partial charge is 0.282 e. The van der Waals surface area contributed by atoms with Gasteiger partial charge in [-0.05, 0) is 29.8 Å². The van der Waals surface area contributed by atoms with Gasteiger partial charge in [-0.15, -0.1) is 0 Å². The van der Waals surface area contributed by atoms with E-state index < -0.39 is 11.8 Å². The first kappa shape index (κ1) is 20.5. The maximum atomic E-state index is 13.4. The molecule has 0 saturated heterocycles. The number of carbonyl (C=O) groups excluding carboxylic acids is 2. The summed E-state index contributed by atoms with van der Waals surface area (Å²) in [4.78, 5) is 27.9. The molecule has 7 heteroatoms. The van der Waals surface area contributed by atoms with Crippen LogP contribution in [0.15, 0.2) is 78.5 Å². The van der Waals surface area contributed by atoms with Crippen LogP contribution in [0.3, 0.4) is 0 Å². The molecule has 6 nitrogen and oxygen atoms in total. The lowest BCUT2D eigenvalue weighted by Gasteiger charge is -2.16. The zero-order valence-electron chi connectivity index (χ0n) is 16.9. The van der Waals surface area contributed by atoms with Gasteiger partial charge in [-0.3, -0.25) is 9.59 Å². The van der Waals surface area contributed by atoms with Crippen molar-refractivity contribution in [3.63, 3.8) is 0 Å². The van der Waals surface area contributed by atoms with Gasteiger partial charge in [0.15, 0.2) is 0 Å². The van der Waals surface area contributed by atoms with Gasteiger partial charge in [0.25, 0.3) is 11.8 Å². The Kier molecular flexibility index (Phi) is 5.64. The third-order valence-electron chi connectivity index (χ3n) is 4.85. The summed E-state index contributed by atoms with van der Waals surface area (Å²) in [6.45, 7) is 0. The van der Waals surface area contributed by atoms with Crippen LogP contribution < -0.4 is 19.7 Å². The van der Waals surface area contributed by atoms with Crippen molar-refractivity contribution >= 4 is 40.4 Å². The molecule has 0 fully saturated rings. The van der Waals surface area contributed by atoms with Crippen LogP contribution in [-0.4, -0.2) is 26.0 Å². The van der Waals surface area contributed by atoms with E-state index in [1.807, 2.05) is 18.2 Å². The average molecular weight is 435 g/mol. The van der Waals surface area contributed by atoms with Crippen LogP contribution in [0.4, 0.5) is 11.4 Å². The highest BCUT2D eigenvalue weighted by Gasteiger charge is 2.40. The number of benzene rings is 3. The van der Waals surface area contributed by atoms with Crippen molar-refractivity contribution in [2.45, 2.75) is 0 Å². The Morgan fingerprint density at radius 2 is 1.42 bits per heavy atom. The number of carbonyl (C=O) groups is 2. The van der Waals surface area contributed by atoms with Gasteiger partial charge in [-0.25, -0.2) is 4.90 Å². The van der Waals surface area contributed by atoms with Gasteiger partial charge >= 0.3 is 0 Å². The van der Waals surface area contributed by atoms with Crippen molar-refractivity contribution in [2.75, 3.05) is 24.4 Å². The highest BCUT2D eigenvalue weighted by molar-refractivity contribution is 6.46. The molecule has 0 saturated carbocycles. The number of nitrogens with zero attached hydrogens (tertiary/aromatic N) is 1. The molecule has 0 aliphatic carbocycles. The number of hydrogen-bond acceptors (Lipinski definition) is 5. The molecule has 0 radical (unpaired) electrons. The molecule has 3 aromatic carbocycles. The second-order valence-electron chi connectivity index (χ2n) is 6.76. The summed E-state index contributed by atoms with van der Waals surface area (Å²) in [5.41, 5.74) is 2.07. The van der Waals surface area contributed by atoms with E-state index in [1.54, 1.807) is 68.8 Å². The van der Waals surface area contributed by atoms with Crippen LogP contribution in [0.1, 0.15) is 5.56 Å². The van der Waals surface area contributed by atoms with E-state index in [0.717, 1.165) is 4.90 Å². The minimum atomic E-state index is -0.465. The highest BCUT2D eigenvalue weighted by Crippen LogP contribution is 2.35. The van der Waals surface area contributed by atoms with Crippen LogP contribution in [0.25, 0.3) is 5.57 Å². The number of nitrogens with one attached hydrogen (secondary N) is 1. The second-order valence-corrected chi connectivity index (χ2v) is 7.20. The van der Waals surface area contributed by atoms with Crippen molar-refractivity contribution in [1.82, 2.24) is 0 Å². The fraction of sp³-hybridized carbons (Fsp3) is 0.0833. The number of amides is 2. The molecule has 3 aromatic rings. The molecule has 1 N–H and O–H groups in total. The molecule has 0 unspecified atom stereocenters. The zero-order chi connectivity index (χ0) is 22.0. The normalized spacial score (nSPS) is 13.6. The largest absolute Gasteiger partial charge is 0.497 e. The molecular weight excluding hydrogens is 416 g/mol. The number of anilines is 2. The fourth-order valence-electron chi connectivity index (χ4n) is 3.37. The number of rotatable bonds is 6. The van der Waals surface area contributed by atoms with Gasteiger partial charge in [0, 0.05) is 28.9 Å². The van der Waals surface area contributed by atoms with E-state index in [4.69, 9.17) is 21.1 Å². The predicted molar refractivity (Wildman–Crippen MR) is 120 cm³/mol. The maximum Gasteiger partial charge on any atom is 0.282 e. The summed E-state index contributed by atoms with van der Waals surface area (Å²) in [5, 5.41) is 3.63. The summed E-state index contributed by atoms with van der Waals surface area (Å²) in [7, 11) is 3.08. The summed E-state index contributed by atoms with van der Waals surface area (Å²) in [6, 6.07) is 20.8. The predicted octanol–water partition coefficient (Wildman–Crippen LogP) is 4.75. The van der Waals surface area contributed by atoms with Gasteiger partial charge in [-0.2, -0.15) is 0 Å². The number of ether oxygens (including phenoxy) is 2. The topological polar surface area (TPSA) is 67.9 Å². The van der Waals surface area contributed by atoms with Crippen LogP contribution in [-0.2, 0) is 9.59 Å². The molecule has 0 aromatic heterocycles. The Hall–Kier alpha value is -3.77. The Balaban J connectivity index is 1.81. The summed E-state index contributed by atoms with van der Waals surface area (Å²) in [6.07, 6.45) is 0. The molecule has 1 aliphatic heterocycles. The SMILES string of the molecule is COc1cc(NC2=C(c3ccccc3)C(=O)N(c3ccc(Cl)cc3)C2=O)cc(OC)c1. The molecule has 0 bridgehead atoms. The molecule has 4 rings (SSSR count). The monoisotopic (exact) mass is 434 g/mol. The minimum absolute atomic E-state index is 0.168. The van der Waals surface area contributed by atoms with Crippen molar-refractivity contribution in [3.05, 3.63) is 89.1 Å². The number of imide groups is 1. The van der Waals surface area contributed by atoms with Crippen LogP contribution in [0.5, 0.6) is 11.5 Å². The summed E-state index contributed by atoms with van der Waals surface area (Å²) in [5.74, 6) is 0.217. The standard InChI is InChI=1S/C24H19ClN2O4/c1-30-19-12-17(13-20(14-19)31-2)26-22-21(15-6-4-3-5-7-15)23(28)27(24(22)29)18-10-8-16(25)9-11-18/h3-14,26H,1-2H3. The number of hydrogen-bond donors (Lipinski definition) is 1. The summed E-state index contributed by atoms with van der Waals surface area (Å²) >= 11 is 5.97. The van der Waals surface area contributed by atoms with Crippen molar-refractivity contribution in [2.24, 2.45) is 0 Å². The lowest BCUT2D eigenvalue weighted by atomic mass is 10.0. The van der Waals surface area contributed by atoms with E-state index in [0.29, 0.717) is 33.5 Å². The first-order chi connectivity index (χ1) is 15.0. The third-order valence-corrected chi connectivity index (χ3v) is 5.10. The molecule has 0 atom stereocenters. The zero-order valence-corrected chi connectivity index (χ0v) is 17.6. The molecule has 31 heavy (non-hydrogen) atoms. The van der Waals surface area contributed by atoms with Crippen molar-refractivity contribution in [3.8, 4) is 11.5 Å². The molecule has 0 spiro atoms. The van der Waals surface area contributed by atoms with E-state index in [2.05, 4.69) is 5.32 Å². The van der Waals surface area contributed by atoms with Gasteiger partial charge in [-0.1, -0.05) is 41.9 Å². The van der Waals surface area contributed by atoms with E-state index in [1.165, 1.54) is 0 Å². The van der Waals surface area contributed by atoms with Crippen molar-refractivity contribution < 1.29 is 19.1 Å². The van der Waals surface area contributed by atoms with Crippen LogP contribution in [0, 0.1) is 0 Å². The van der Waals surface area contributed by atoms with Gasteiger partial charge in [0.1, 0.15) is 17.2 Å². The number of halogens is 1. The third kappa shape index (κ3) is 3.98.